The van der Waals surface area contributed by atoms with Gasteiger partial charge in [-0.3, -0.25) is 9.59 Å². The zero-order chi connectivity index (χ0) is 20.8. The second-order valence-electron chi connectivity index (χ2n) is 7.18. The van der Waals surface area contributed by atoms with Crippen LogP contribution in [0.2, 0.25) is 5.02 Å². The molecule has 2 aromatic carbocycles. The number of halogens is 2. The van der Waals surface area contributed by atoms with Crippen molar-refractivity contribution in [1.82, 2.24) is 4.90 Å². The van der Waals surface area contributed by atoms with Crippen LogP contribution in [-0.4, -0.2) is 63.0 Å². The topological polar surface area (TPSA) is 57.1 Å². The fourth-order valence-electron chi connectivity index (χ4n) is 3.35. The molecule has 0 saturated carbocycles. The van der Waals surface area contributed by atoms with Crippen LogP contribution in [0.15, 0.2) is 48.5 Å². The van der Waals surface area contributed by atoms with Crippen molar-refractivity contribution < 1.29 is 18.9 Å². The average Bonchev–Trinajstić information content (AvgIpc) is 2.70. The first-order chi connectivity index (χ1) is 13.9. The molecule has 6 nitrogen and oxygen atoms in total. The van der Waals surface area contributed by atoms with E-state index in [1.807, 2.05) is 18.0 Å². The van der Waals surface area contributed by atoms with E-state index in [0.29, 0.717) is 42.6 Å². The van der Waals surface area contributed by atoms with Gasteiger partial charge < -0.3 is 20.0 Å². The Morgan fingerprint density at radius 2 is 1.69 bits per heavy atom. The predicted octanol–water partition coefficient (Wildman–Crippen LogP) is 1.28. The highest BCUT2D eigenvalue weighted by Gasteiger charge is 2.25. The molecular formula is C21H25ClFN4O2+. The van der Waals surface area contributed by atoms with Crippen LogP contribution in [0.25, 0.3) is 0 Å². The number of piperazine rings is 1. The first kappa shape index (κ1) is 21.1. The van der Waals surface area contributed by atoms with Gasteiger partial charge in [0, 0.05) is 36.9 Å². The Labute approximate surface area is 174 Å². The highest BCUT2D eigenvalue weighted by molar-refractivity contribution is 6.30. The van der Waals surface area contributed by atoms with Crippen LogP contribution in [0.5, 0.6) is 0 Å². The van der Waals surface area contributed by atoms with Gasteiger partial charge in [0.1, 0.15) is 5.82 Å². The molecule has 8 heteroatoms. The standard InChI is InChI=1S/C21H24ClFN4O2/c1-25(14-20(28)24-17-8-6-16(22)7-9-17)15-21(29)27-12-10-26(11-13-27)19-5-3-2-4-18(19)23/h2-9H,10-15H2,1H3,(H,24,28)/p+1. The number of amides is 2. The molecule has 0 bridgehead atoms. The van der Waals surface area contributed by atoms with Gasteiger partial charge >= 0.3 is 0 Å². The molecule has 0 aliphatic carbocycles. The minimum atomic E-state index is -0.247. The zero-order valence-corrected chi connectivity index (χ0v) is 17.1. The average molecular weight is 420 g/mol. The quantitative estimate of drug-likeness (QED) is 0.741. The maximum atomic E-state index is 13.9. The van der Waals surface area contributed by atoms with Crippen LogP contribution in [-0.2, 0) is 9.59 Å². The van der Waals surface area contributed by atoms with E-state index in [-0.39, 0.29) is 30.7 Å². The maximum absolute atomic E-state index is 13.9. The molecule has 2 N–H and O–H groups in total. The summed E-state index contributed by atoms with van der Waals surface area (Å²) in [4.78, 5) is 29.3. The van der Waals surface area contributed by atoms with E-state index in [0.717, 1.165) is 4.90 Å². The minimum Gasteiger partial charge on any atom is -0.366 e. The number of para-hydroxylation sites is 1. The summed E-state index contributed by atoms with van der Waals surface area (Å²) >= 11 is 5.83. The molecule has 2 aromatic rings. The second-order valence-corrected chi connectivity index (χ2v) is 7.62. The smallest absolute Gasteiger partial charge is 0.279 e. The summed E-state index contributed by atoms with van der Waals surface area (Å²) in [6.07, 6.45) is 0. The Bertz CT molecular complexity index is 854. The van der Waals surface area contributed by atoms with Gasteiger partial charge in [-0.2, -0.15) is 0 Å². The van der Waals surface area contributed by atoms with Gasteiger partial charge in [-0.15, -0.1) is 0 Å². The molecule has 1 atom stereocenters. The molecule has 0 spiro atoms. The Morgan fingerprint density at radius 1 is 1.03 bits per heavy atom. The van der Waals surface area contributed by atoms with Crippen LogP contribution in [0.4, 0.5) is 15.8 Å². The summed E-state index contributed by atoms with van der Waals surface area (Å²) in [6.45, 7) is 2.66. The number of quaternary nitrogens is 1. The van der Waals surface area contributed by atoms with Crippen molar-refractivity contribution in [2.75, 3.05) is 56.5 Å². The van der Waals surface area contributed by atoms with E-state index in [9.17, 15) is 14.0 Å². The molecule has 1 aliphatic heterocycles. The van der Waals surface area contributed by atoms with Crippen molar-refractivity contribution >= 4 is 34.8 Å². The number of likely N-dealkylation sites (N-methyl/N-ethyl adjacent to an activating group) is 1. The number of carbonyl (C=O) groups is 2. The van der Waals surface area contributed by atoms with Crippen molar-refractivity contribution in [1.29, 1.82) is 0 Å². The zero-order valence-electron chi connectivity index (χ0n) is 16.3. The SMILES string of the molecule is C[NH+](CC(=O)Nc1ccc(Cl)cc1)CC(=O)N1CCN(c2ccccc2F)CC1. The van der Waals surface area contributed by atoms with E-state index in [2.05, 4.69) is 5.32 Å². The third kappa shape index (κ3) is 5.92. The highest BCUT2D eigenvalue weighted by Crippen LogP contribution is 2.20. The van der Waals surface area contributed by atoms with E-state index < -0.39 is 0 Å². The van der Waals surface area contributed by atoms with E-state index in [1.165, 1.54) is 6.07 Å². The Balaban J connectivity index is 1.43. The molecular weight excluding hydrogens is 395 g/mol. The van der Waals surface area contributed by atoms with Gasteiger partial charge in [-0.05, 0) is 36.4 Å². The van der Waals surface area contributed by atoms with Crippen LogP contribution >= 0.6 is 11.6 Å². The Kier molecular flexibility index (Phi) is 7.06. The number of carbonyl (C=O) groups excluding carboxylic acids is 2. The van der Waals surface area contributed by atoms with Crippen molar-refractivity contribution in [2.45, 2.75) is 0 Å². The van der Waals surface area contributed by atoms with Gasteiger partial charge in [0.2, 0.25) is 0 Å². The first-order valence-corrected chi connectivity index (χ1v) is 9.94. The molecule has 1 aliphatic rings. The van der Waals surface area contributed by atoms with Gasteiger partial charge in [0.05, 0.1) is 12.7 Å². The molecule has 1 heterocycles. The van der Waals surface area contributed by atoms with Crippen molar-refractivity contribution in [2.24, 2.45) is 0 Å². The molecule has 1 unspecified atom stereocenters. The Hall–Kier alpha value is -2.64. The molecule has 1 saturated heterocycles. The normalized spacial score (nSPS) is 15.1. The lowest BCUT2D eigenvalue weighted by Gasteiger charge is -2.36. The lowest BCUT2D eigenvalue weighted by molar-refractivity contribution is -0.862. The van der Waals surface area contributed by atoms with Crippen molar-refractivity contribution in [3.8, 4) is 0 Å². The lowest BCUT2D eigenvalue weighted by Crippen LogP contribution is -3.11. The fraction of sp³-hybridized carbons (Fsp3) is 0.333. The second kappa shape index (κ2) is 9.71. The monoisotopic (exact) mass is 419 g/mol. The third-order valence-corrected chi connectivity index (χ3v) is 5.12. The first-order valence-electron chi connectivity index (χ1n) is 9.56. The van der Waals surface area contributed by atoms with Gasteiger partial charge in [-0.1, -0.05) is 23.7 Å². The molecule has 29 heavy (non-hydrogen) atoms. The molecule has 3 rings (SSSR count). The summed E-state index contributed by atoms with van der Waals surface area (Å²) < 4.78 is 13.9. The number of anilines is 2. The number of benzene rings is 2. The summed E-state index contributed by atoms with van der Waals surface area (Å²) in [6, 6.07) is 13.6. The molecule has 0 radical (unpaired) electrons. The summed E-state index contributed by atoms with van der Waals surface area (Å²) in [5.74, 6) is -0.417. The molecule has 154 valence electrons. The Morgan fingerprint density at radius 3 is 2.34 bits per heavy atom. The van der Waals surface area contributed by atoms with E-state index in [4.69, 9.17) is 11.6 Å². The highest BCUT2D eigenvalue weighted by atomic mass is 35.5. The van der Waals surface area contributed by atoms with Gasteiger partial charge in [0.25, 0.3) is 11.8 Å². The summed E-state index contributed by atoms with van der Waals surface area (Å²) in [5.41, 5.74) is 1.24. The maximum Gasteiger partial charge on any atom is 0.279 e. The third-order valence-electron chi connectivity index (χ3n) is 4.87. The number of rotatable bonds is 6. The number of nitrogens with one attached hydrogen (secondary N) is 2. The number of hydrogen-bond donors (Lipinski definition) is 2. The summed E-state index contributed by atoms with van der Waals surface area (Å²) in [5, 5.41) is 3.40. The van der Waals surface area contributed by atoms with Crippen molar-refractivity contribution in [3.05, 3.63) is 59.4 Å². The number of hydrogen-bond acceptors (Lipinski definition) is 3. The van der Waals surface area contributed by atoms with Gasteiger partial charge in [0.15, 0.2) is 13.1 Å². The molecule has 1 fully saturated rings. The fourth-order valence-corrected chi connectivity index (χ4v) is 3.48. The number of nitrogens with zero attached hydrogens (tertiary/aromatic N) is 2. The predicted molar refractivity (Wildman–Crippen MR) is 112 cm³/mol. The van der Waals surface area contributed by atoms with E-state index in [1.54, 1.807) is 41.3 Å². The van der Waals surface area contributed by atoms with Crippen LogP contribution in [0.1, 0.15) is 0 Å². The molecule has 0 aromatic heterocycles. The molecule has 2 amide bonds. The van der Waals surface area contributed by atoms with Crippen molar-refractivity contribution in [3.63, 3.8) is 0 Å². The van der Waals surface area contributed by atoms with Crippen LogP contribution in [0.3, 0.4) is 0 Å². The van der Waals surface area contributed by atoms with Crippen LogP contribution in [0, 0.1) is 5.82 Å². The van der Waals surface area contributed by atoms with Crippen LogP contribution < -0.4 is 15.1 Å². The van der Waals surface area contributed by atoms with E-state index >= 15 is 0 Å². The van der Waals surface area contributed by atoms with Gasteiger partial charge in [-0.25, -0.2) is 4.39 Å². The summed E-state index contributed by atoms with van der Waals surface area (Å²) in [7, 11) is 1.81. The largest absolute Gasteiger partial charge is 0.366 e. The minimum absolute atomic E-state index is 0.00465. The lowest BCUT2D eigenvalue weighted by atomic mass is 10.2.